The summed E-state index contributed by atoms with van der Waals surface area (Å²) in [4.78, 5) is 0. The van der Waals surface area contributed by atoms with E-state index in [9.17, 15) is 0 Å². The zero-order valence-electron chi connectivity index (χ0n) is 34.5. The summed E-state index contributed by atoms with van der Waals surface area (Å²) in [6.45, 7) is 0. The first-order valence-corrected chi connectivity index (χ1v) is 27.7. The molecule has 294 valence electrons. The minimum Gasteiger partial charge on any atom is -0.0533 e. The van der Waals surface area contributed by atoms with Gasteiger partial charge in [-0.3, -0.25) is 0 Å². The molecule has 0 aromatic heterocycles. The van der Waals surface area contributed by atoms with Gasteiger partial charge in [-0.2, -0.15) is 0 Å². The highest BCUT2D eigenvalue weighted by Gasteiger charge is 3.11. The molecule has 5 bridgehead atoms. The maximum atomic E-state index is 1.86. The first-order valence-electron chi connectivity index (χ1n) is 27.7. The molecule has 22 aliphatic rings. The van der Waals surface area contributed by atoms with Crippen LogP contribution in [0.4, 0.5) is 0 Å². The van der Waals surface area contributed by atoms with E-state index >= 15 is 0 Å². The fourth-order valence-corrected chi connectivity index (χ4v) is 34.6. The second-order valence-electron chi connectivity index (χ2n) is 29.7. The molecular formula is C56H70. The van der Waals surface area contributed by atoms with E-state index in [-0.39, 0.29) is 0 Å². The van der Waals surface area contributed by atoms with Gasteiger partial charge in [-0.1, -0.05) is 51.4 Å². The molecule has 0 aliphatic heterocycles. The van der Waals surface area contributed by atoms with E-state index in [1.807, 2.05) is 25.7 Å². The molecule has 22 aliphatic carbocycles. The van der Waals surface area contributed by atoms with Crippen molar-refractivity contribution in [2.75, 3.05) is 0 Å². The third kappa shape index (κ3) is 1.85. The van der Waals surface area contributed by atoms with Crippen LogP contribution in [0.1, 0.15) is 128 Å². The number of rotatable bonds is 0. The van der Waals surface area contributed by atoms with E-state index < -0.39 is 0 Å². The summed E-state index contributed by atoms with van der Waals surface area (Å²) in [5, 5.41) is 0. The van der Waals surface area contributed by atoms with Crippen molar-refractivity contribution in [2.45, 2.75) is 128 Å². The predicted octanol–water partition coefficient (Wildman–Crippen LogP) is 11.5. The average molecular weight is 743 g/mol. The first kappa shape index (κ1) is 28.6. The van der Waals surface area contributed by atoms with Crippen LogP contribution in [-0.2, 0) is 0 Å². The van der Waals surface area contributed by atoms with Crippen molar-refractivity contribution in [1.29, 1.82) is 0 Å². The normalized spacial score (nSPS) is 87.0. The maximum absolute atomic E-state index is 1.86. The van der Waals surface area contributed by atoms with Gasteiger partial charge in [0.15, 0.2) is 0 Å². The second-order valence-corrected chi connectivity index (χ2v) is 29.7. The van der Waals surface area contributed by atoms with Crippen molar-refractivity contribution in [2.24, 2.45) is 210 Å². The van der Waals surface area contributed by atoms with Crippen molar-refractivity contribution in [3.8, 4) is 0 Å². The molecule has 56 heavy (non-hydrogen) atoms. The van der Waals surface area contributed by atoms with Gasteiger partial charge in [0.05, 0.1) is 0 Å². The molecule has 22 fully saturated rings. The summed E-state index contributed by atoms with van der Waals surface area (Å²) in [5.41, 5.74) is 5.33. The minimum absolute atomic E-state index is 0.829. The quantitative estimate of drug-likeness (QED) is 0.232. The van der Waals surface area contributed by atoms with E-state index in [0.717, 1.165) is 32.5 Å². The molecule has 36 unspecified atom stereocenters. The molecule has 0 aromatic carbocycles. The number of fused-ring (bicyclic) bond motifs is 8. The van der Waals surface area contributed by atoms with Crippen LogP contribution in [0, 0.1) is 210 Å². The van der Waals surface area contributed by atoms with Crippen LogP contribution in [0.5, 0.6) is 0 Å². The monoisotopic (exact) mass is 743 g/mol. The molecule has 22 rings (SSSR count). The van der Waals surface area contributed by atoms with Crippen LogP contribution in [0.2, 0.25) is 0 Å². The second kappa shape index (κ2) is 7.52. The molecule has 0 heterocycles. The third-order valence-electron chi connectivity index (χ3n) is 32.9. The van der Waals surface area contributed by atoms with Crippen molar-refractivity contribution in [1.82, 2.24) is 0 Å². The molecule has 36 atom stereocenters. The lowest BCUT2D eigenvalue weighted by molar-refractivity contribution is -0.657. The van der Waals surface area contributed by atoms with Gasteiger partial charge >= 0.3 is 0 Å². The lowest BCUT2D eigenvalue weighted by Gasteiger charge is -3.12. The SMILES string of the molecule is C1CCCC2CCCC3C4C5C6CC7C8C9C%10CC%11C%12CC%13CC%14CCC5(C76C8C9C%11%10)C45CCC%144CC%13CC%12C6C(CCC1)C1C6C6C1C1C7C8C2C35C8C7C614. The van der Waals surface area contributed by atoms with Crippen LogP contribution < -0.4 is 0 Å². The molecule has 6 spiro atoms. The van der Waals surface area contributed by atoms with Gasteiger partial charge in [0.1, 0.15) is 0 Å². The van der Waals surface area contributed by atoms with Crippen LogP contribution in [0.15, 0.2) is 0 Å². The Kier molecular flexibility index (Phi) is 3.84. The van der Waals surface area contributed by atoms with Crippen molar-refractivity contribution < 1.29 is 0 Å². The highest BCUT2D eigenvalue weighted by molar-refractivity contribution is 5.57. The minimum atomic E-state index is 0.829. The zero-order valence-corrected chi connectivity index (χ0v) is 34.5. The number of hydrogen-bond acceptors (Lipinski definition) is 0. The summed E-state index contributed by atoms with van der Waals surface area (Å²) >= 11 is 0. The Hall–Kier alpha value is 0. The van der Waals surface area contributed by atoms with Gasteiger partial charge in [0, 0.05) is 0 Å². The summed E-state index contributed by atoms with van der Waals surface area (Å²) in [5.74, 6) is 37.4. The Morgan fingerprint density at radius 1 is 0.304 bits per heavy atom. The Bertz CT molecular complexity index is 2100. The Morgan fingerprint density at radius 2 is 1.02 bits per heavy atom. The van der Waals surface area contributed by atoms with E-state index in [1.54, 1.807) is 103 Å². The lowest BCUT2D eigenvalue weighted by atomic mass is 8.92. The van der Waals surface area contributed by atoms with E-state index in [2.05, 4.69) is 0 Å². The lowest BCUT2D eigenvalue weighted by Crippen LogP contribution is -3.09. The van der Waals surface area contributed by atoms with Gasteiger partial charge in [0.25, 0.3) is 0 Å². The first-order chi connectivity index (χ1) is 27.7. The summed E-state index contributed by atoms with van der Waals surface area (Å²) in [7, 11) is 0. The summed E-state index contributed by atoms with van der Waals surface area (Å²) in [6.07, 6.45) is 34.7. The molecule has 0 nitrogen and oxygen atoms in total. The average Bonchev–Trinajstić information content (AvgIpc) is 3.26. The highest BCUT2D eigenvalue weighted by atomic mass is 15.1. The molecule has 0 N–H and O–H groups in total. The van der Waals surface area contributed by atoms with Crippen molar-refractivity contribution in [3.05, 3.63) is 0 Å². The van der Waals surface area contributed by atoms with Gasteiger partial charge in [0.2, 0.25) is 0 Å². The molecule has 0 heteroatoms. The van der Waals surface area contributed by atoms with Crippen LogP contribution in [0.3, 0.4) is 0 Å². The third-order valence-corrected chi connectivity index (χ3v) is 32.9. The fourth-order valence-electron chi connectivity index (χ4n) is 34.6. The largest absolute Gasteiger partial charge is 0.0533 e. The van der Waals surface area contributed by atoms with Crippen molar-refractivity contribution in [3.63, 3.8) is 0 Å². The van der Waals surface area contributed by atoms with E-state index in [4.69, 9.17) is 0 Å². The van der Waals surface area contributed by atoms with Crippen LogP contribution in [-0.4, -0.2) is 0 Å². The van der Waals surface area contributed by atoms with Crippen molar-refractivity contribution >= 4 is 0 Å². The van der Waals surface area contributed by atoms with Gasteiger partial charge in [-0.15, -0.1) is 0 Å². The zero-order chi connectivity index (χ0) is 34.5. The predicted molar refractivity (Wildman–Crippen MR) is 212 cm³/mol. The summed E-state index contributed by atoms with van der Waals surface area (Å²) in [6, 6.07) is 0. The van der Waals surface area contributed by atoms with E-state index in [1.165, 1.54) is 178 Å². The van der Waals surface area contributed by atoms with Gasteiger partial charge in [-0.05, 0) is 287 Å². The molecule has 22 saturated carbocycles. The Labute approximate surface area is 337 Å². The van der Waals surface area contributed by atoms with Crippen LogP contribution >= 0.6 is 0 Å². The van der Waals surface area contributed by atoms with Gasteiger partial charge in [-0.25, -0.2) is 0 Å². The summed E-state index contributed by atoms with van der Waals surface area (Å²) < 4.78 is 0. The highest BCUT2D eigenvalue weighted by Crippen LogP contribution is 3.14. The molecular weight excluding hydrogens is 673 g/mol. The Balaban J connectivity index is 0.869. The fraction of sp³-hybridized carbons (Fsp3) is 1.00. The topological polar surface area (TPSA) is 0 Å². The molecule has 0 aromatic rings. The number of hydrogen-bond donors (Lipinski definition) is 0. The van der Waals surface area contributed by atoms with Gasteiger partial charge < -0.3 is 0 Å². The van der Waals surface area contributed by atoms with E-state index in [0.29, 0.717) is 0 Å². The Morgan fingerprint density at radius 3 is 1.98 bits per heavy atom. The standard InChI is InChI=1S/C56H70/c1-2-4-7-21-8-6-10-30-44-45-32-19-31-37-36-29-18-28-26-16-22-15-24-11-12-52(45,54(31,32)46(37)39(36)34(28)29)53(44)14-13-51(24)20-23(22)17-27(26)33-25(9-5-3-1)35-38(33)47-40(35)48-42-41-43(21)55(30,53)49(41)50(42)56(47,48)51/h21-50H,1-20H2. The molecule has 0 radical (unpaired) electrons. The molecule has 0 amide bonds. The van der Waals surface area contributed by atoms with Crippen LogP contribution in [0.25, 0.3) is 0 Å². The molecule has 0 saturated heterocycles. The smallest absolute Gasteiger partial charge is 0.0133 e. The maximum Gasteiger partial charge on any atom is -0.0133 e.